The van der Waals surface area contributed by atoms with Crippen LogP contribution < -0.4 is 10.5 Å². The van der Waals surface area contributed by atoms with E-state index in [-0.39, 0.29) is 11.3 Å². The highest BCUT2D eigenvalue weighted by Crippen LogP contribution is 2.29. The summed E-state index contributed by atoms with van der Waals surface area (Å²) in [6.45, 7) is 1.75. The topological polar surface area (TPSA) is 76.9 Å². The van der Waals surface area contributed by atoms with Crippen LogP contribution in [-0.2, 0) is 7.05 Å². The number of aryl methyl sites for hydroxylation is 2. The Kier molecular flexibility index (Phi) is 2.90. The van der Waals surface area contributed by atoms with Crippen molar-refractivity contribution < 1.29 is 9.13 Å². The molecule has 0 aliphatic heterocycles. The third-order valence-corrected chi connectivity index (χ3v) is 2.49. The number of nitriles is 1. The third kappa shape index (κ3) is 1.98. The van der Waals surface area contributed by atoms with Gasteiger partial charge in [-0.25, -0.2) is 9.07 Å². The summed E-state index contributed by atoms with van der Waals surface area (Å²) in [5.41, 5.74) is 6.81. The van der Waals surface area contributed by atoms with Gasteiger partial charge in [-0.15, -0.1) is 0 Å². The quantitative estimate of drug-likeness (QED) is 0.880. The van der Waals surface area contributed by atoms with E-state index in [1.165, 1.54) is 16.8 Å². The summed E-state index contributed by atoms with van der Waals surface area (Å²) in [6, 6.07) is 5.73. The number of halogens is 1. The molecule has 18 heavy (non-hydrogen) atoms. The van der Waals surface area contributed by atoms with Crippen LogP contribution in [0.5, 0.6) is 11.6 Å². The number of hydrogen-bond donors (Lipinski definition) is 1. The first kappa shape index (κ1) is 11.9. The van der Waals surface area contributed by atoms with Crippen LogP contribution in [0.15, 0.2) is 18.2 Å². The molecule has 2 rings (SSSR count). The number of nitrogen functional groups attached to an aromatic ring is 1. The van der Waals surface area contributed by atoms with Crippen LogP contribution in [-0.4, -0.2) is 9.78 Å². The molecular formula is C12H11FN4O. The van der Waals surface area contributed by atoms with Crippen molar-refractivity contribution in [3.8, 4) is 17.7 Å². The molecule has 0 aliphatic carbocycles. The lowest BCUT2D eigenvalue weighted by atomic mass is 10.2. The Hall–Kier alpha value is -2.55. The standard InChI is InChI=1S/C12H11FN4O/c1-7-11(15)12(17(2)16-7)18-9-4-3-8(6-14)10(13)5-9/h3-5H,15H2,1-2H3. The van der Waals surface area contributed by atoms with Crippen molar-refractivity contribution in [2.24, 2.45) is 7.05 Å². The van der Waals surface area contributed by atoms with Crippen LogP contribution in [0.4, 0.5) is 10.1 Å². The third-order valence-electron chi connectivity index (χ3n) is 2.49. The number of rotatable bonds is 2. The number of nitrogens with two attached hydrogens (primary N) is 1. The number of benzene rings is 1. The van der Waals surface area contributed by atoms with Gasteiger partial charge in [0.2, 0.25) is 5.88 Å². The minimum absolute atomic E-state index is 0.0310. The predicted octanol–water partition coefficient (Wildman–Crippen LogP) is 2.11. The van der Waals surface area contributed by atoms with Crippen molar-refractivity contribution in [2.45, 2.75) is 6.92 Å². The second-order valence-electron chi connectivity index (χ2n) is 3.78. The molecule has 0 unspecified atom stereocenters. The van der Waals surface area contributed by atoms with Crippen LogP contribution in [0.3, 0.4) is 0 Å². The van der Waals surface area contributed by atoms with Gasteiger partial charge in [-0.2, -0.15) is 10.4 Å². The van der Waals surface area contributed by atoms with Gasteiger partial charge < -0.3 is 10.5 Å². The number of hydrogen-bond acceptors (Lipinski definition) is 4. The molecule has 6 heteroatoms. The van der Waals surface area contributed by atoms with Crippen molar-refractivity contribution in [3.05, 3.63) is 35.3 Å². The van der Waals surface area contributed by atoms with Crippen LogP contribution in [0.2, 0.25) is 0 Å². The van der Waals surface area contributed by atoms with E-state index in [1.807, 2.05) is 0 Å². The van der Waals surface area contributed by atoms with Gasteiger partial charge >= 0.3 is 0 Å². The van der Waals surface area contributed by atoms with Crippen LogP contribution in [0, 0.1) is 24.1 Å². The zero-order valence-corrected chi connectivity index (χ0v) is 9.94. The lowest BCUT2D eigenvalue weighted by Gasteiger charge is -2.07. The van der Waals surface area contributed by atoms with Gasteiger partial charge in [0.15, 0.2) is 0 Å². The average Bonchev–Trinajstić information content (AvgIpc) is 2.56. The fourth-order valence-corrected chi connectivity index (χ4v) is 1.54. The fraction of sp³-hybridized carbons (Fsp3) is 0.167. The zero-order chi connectivity index (χ0) is 13.3. The van der Waals surface area contributed by atoms with Gasteiger partial charge in [0.1, 0.15) is 23.3 Å². The molecule has 0 amide bonds. The molecule has 2 aromatic rings. The summed E-state index contributed by atoms with van der Waals surface area (Å²) in [7, 11) is 1.68. The van der Waals surface area contributed by atoms with Crippen molar-refractivity contribution in [1.29, 1.82) is 5.26 Å². The number of aromatic nitrogens is 2. The molecule has 0 atom stereocenters. The van der Waals surface area contributed by atoms with E-state index in [9.17, 15) is 4.39 Å². The number of ether oxygens (including phenoxy) is 1. The Balaban J connectivity index is 2.35. The van der Waals surface area contributed by atoms with E-state index < -0.39 is 5.82 Å². The molecule has 0 spiro atoms. The molecule has 92 valence electrons. The van der Waals surface area contributed by atoms with Gasteiger partial charge in [0.05, 0.1) is 11.3 Å². The minimum Gasteiger partial charge on any atom is -0.437 e. The lowest BCUT2D eigenvalue weighted by molar-refractivity contribution is 0.429. The Morgan fingerprint density at radius 3 is 2.72 bits per heavy atom. The molecule has 1 aromatic heterocycles. The molecular weight excluding hydrogens is 235 g/mol. The second-order valence-corrected chi connectivity index (χ2v) is 3.78. The highest BCUT2D eigenvalue weighted by Gasteiger charge is 2.13. The van der Waals surface area contributed by atoms with Gasteiger partial charge in [-0.1, -0.05) is 0 Å². The Labute approximate surface area is 103 Å². The van der Waals surface area contributed by atoms with Crippen molar-refractivity contribution in [2.75, 3.05) is 5.73 Å². The molecule has 1 heterocycles. The maximum absolute atomic E-state index is 13.4. The van der Waals surface area contributed by atoms with E-state index in [0.717, 1.165) is 6.07 Å². The van der Waals surface area contributed by atoms with E-state index in [2.05, 4.69) is 5.10 Å². The first-order valence-electron chi connectivity index (χ1n) is 5.19. The van der Waals surface area contributed by atoms with Gasteiger partial charge in [-0.3, -0.25) is 0 Å². The molecule has 0 fully saturated rings. The highest BCUT2D eigenvalue weighted by molar-refractivity contribution is 5.54. The Morgan fingerprint density at radius 1 is 1.50 bits per heavy atom. The van der Waals surface area contributed by atoms with Gasteiger partial charge in [0.25, 0.3) is 0 Å². The summed E-state index contributed by atoms with van der Waals surface area (Å²) in [4.78, 5) is 0. The summed E-state index contributed by atoms with van der Waals surface area (Å²) in [6.07, 6.45) is 0. The van der Waals surface area contributed by atoms with Gasteiger partial charge in [-0.05, 0) is 19.1 Å². The van der Waals surface area contributed by atoms with E-state index >= 15 is 0 Å². The maximum Gasteiger partial charge on any atom is 0.241 e. The van der Waals surface area contributed by atoms with Crippen molar-refractivity contribution >= 4 is 5.69 Å². The lowest BCUT2D eigenvalue weighted by Crippen LogP contribution is -1.97. The van der Waals surface area contributed by atoms with Crippen LogP contribution in [0.25, 0.3) is 0 Å². The monoisotopic (exact) mass is 246 g/mol. The van der Waals surface area contributed by atoms with Crippen LogP contribution >= 0.6 is 0 Å². The Bertz CT molecular complexity index is 642. The number of anilines is 1. The highest BCUT2D eigenvalue weighted by atomic mass is 19.1. The molecule has 5 nitrogen and oxygen atoms in total. The van der Waals surface area contributed by atoms with Gasteiger partial charge in [0, 0.05) is 13.1 Å². The molecule has 2 N–H and O–H groups in total. The van der Waals surface area contributed by atoms with E-state index in [0.29, 0.717) is 17.3 Å². The molecule has 0 saturated heterocycles. The largest absolute Gasteiger partial charge is 0.437 e. The molecule has 0 radical (unpaired) electrons. The molecule has 0 aliphatic rings. The predicted molar refractivity (Wildman–Crippen MR) is 63.5 cm³/mol. The van der Waals surface area contributed by atoms with Crippen LogP contribution in [0.1, 0.15) is 11.3 Å². The summed E-state index contributed by atoms with van der Waals surface area (Å²) in [5, 5.41) is 12.7. The SMILES string of the molecule is Cc1nn(C)c(Oc2ccc(C#N)c(F)c2)c1N. The zero-order valence-electron chi connectivity index (χ0n) is 9.94. The first-order valence-corrected chi connectivity index (χ1v) is 5.19. The summed E-state index contributed by atoms with van der Waals surface area (Å²) < 4.78 is 20.3. The summed E-state index contributed by atoms with van der Waals surface area (Å²) in [5.74, 6) is -0.0229. The van der Waals surface area contributed by atoms with E-state index in [1.54, 1.807) is 20.0 Å². The molecule has 0 bridgehead atoms. The summed E-state index contributed by atoms with van der Waals surface area (Å²) >= 11 is 0. The number of nitrogens with zero attached hydrogens (tertiary/aromatic N) is 3. The van der Waals surface area contributed by atoms with Crippen molar-refractivity contribution in [3.63, 3.8) is 0 Å². The Morgan fingerprint density at radius 2 is 2.22 bits per heavy atom. The fourth-order valence-electron chi connectivity index (χ4n) is 1.54. The second kappa shape index (κ2) is 4.37. The average molecular weight is 246 g/mol. The minimum atomic E-state index is -0.632. The first-order chi connectivity index (χ1) is 8.52. The smallest absolute Gasteiger partial charge is 0.241 e. The molecule has 1 aromatic carbocycles. The van der Waals surface area contributed by atoms with Crippen molar-refractivity contribution in [1.82, 2.24) is 9.78 Å². The maximum atomic E-state index is 13.4. The van der Waals surface area contributed by atoms with E-state index in [4.69, 9.17) is 15.7 Å². The normalized spacial score (nSPS) is 10.1. The molecule has 0 saturated carbocycles.